The molecule has 0 radical (unpaired) electrons. The van der Waals surface area contributed by atoms with E-state index in [1.807, 2.05) is 12.1 Å². The van der Waals surface area contributed by atoms with Gasteiger partial charge in [0, 0.05) is 23.3 Å². The van der Waals surface area contributed by atoms with Crippen LogP contribution in [0.1, 0.15) is 47.1 Å². The number of carbonyl (C=O) groups excluding carboxylic acids is 1. The molecule has 0 saturated carbocycles. The molecule has 3 aromatic rings. The van der Waals surface area contributed by atoms with Gasteiger partial charge in [-0.3, -0.25) is 9.78 Å². The number of amides is 1. The first-order chi connectivity index (χ1) is 14.9. The van der Waals surface area contributed by atoms with Gasteiger partial charge in [0.05, 0.1) is 28.0 Å². The summed E-state index contributed by atoms with van der Waals surface area (Å²) in [6, 6.07) is 17.4. The second kappa shape index (κ2) is 10.3. The Balaban J connectivity index is 1.91. The van der Waals surface area contributed by atoms with E-state index >= 15 is 0 Å². The van der Waals surface area contributed by atoms with Crippen molar-refractivity contribution in [2.45, 2.75) is 19.9 Å². The van der Waals surface area contributed by atoms with Crippen molar-refractivity contribution in [2.75, 3.05) is 11.9 Å². The Bertz CT molecular complexity index is 1040. The van der Waals surface area contributed by atoms with Crippen molar-refractivity contribution in [3.8, 4) is 6.07 Å². The van der Waals surface area contributed by atoms with Gasteiger partial charge in [-0.15, -0.1) is 0 Å². The molecule has 0 aliphatic heterocycles. The van der Waals surface area contributed by atoms with Crippen LogP contribution in [0.2, 0.25) is 10.0 Å². The Morgan fingerprint density at radius 1 is 1.06 bits per heavy atom. The van der Waals surface area contributed by atoms with Gasteiger partial charge in [-0.2, -0.15) is 5.26 Å². The molecule has 2 aromatic carbocycles. The first-order valence-corrected chi connectivity index (χ1v) is 10.6. The third-order valence-electron chi connectivity index (χ3n) is 4.63. The Morgan fingerprint density at radius 3 is 2.39 bits per heavy atom. The largest absolute Gasteiger partial charge is 0.384 e. The Morgan fingerprint density at radius 2 is 1.77 bits per heavy atom. The molecule has 0 spiro atoms. The summed E-state index contributed by atoms with van der Waals surface area (Å²) in [6.45, 7) is 4.85. The zero-order valence-corrected chi connectivity index (χ0v) is 18.7. The van der Waals surface area contributed by atoms with E-state index in [1.165, 1.54) is 0 Å². The highest BCUT2D eigenvalue weighted by Crippen LogP contribution is 2.25. The van der Waals surface area contributed by atoms with Crippen molar-refractivity contribution < 1.29 is 4.79 Å². The van der Waals surface area contributed by atoms with Crippen molar-refractivity contribution in [3.63, 3.8) is 0 Å². The first-order valence-electron chi connectivity index (χ1n) is 9.83. The standard InChI is InChI=1S/C24H22Cl2N4O/c1-15(2)13-28-22-11-17(3-4-18(22)12-27)24(31)30-23(16-5-7-19(25)8-6-16)21-10-9-20(26)14-29-21/h3-11,14-15,23,28H,13H2,1-2H3,(H,30,31)/t23-/m0/s1. The Kier molecular flexibility index (Phi) is 7.51. The predicted octanol–water partition coefficient (Wildman–Crippen LogP) is 5.85. The van der Waals surface area contributed by atoms with E-state index in [0.29, 0.717) is 45.0 Å². The van der Waals surface area contributed by atoms with Crippen molar-refractivity contribution in [2.24, 2.45) is 5.92 Å². The van der Waals surface area contributed by atoms with E-state index < -0.39 is 6.04 Å². The van der Waals surface area contributed by atoms with Crippen LogP contribution in [0, 0.1) is 17.2 Å². The van der Waals surface area contributed by atoms with Crippen LogP contribution in [0.15, 0.2) is 60.8 Å². The molecule has 0 saturated heterocycles. The molecule has 2 N–H and O–H groups in total. The van der Waals surface area contributed by atoms with E-state index in [1.54, 1.807) is 48.7 Å². The molecule has 1 aromatic heterocycles. The van der Waals surface area contributed by atoms with Crippen LogP contribution in [0.3, 0.4) is 0 Å². The quantitative estimate of drug-likeness (QED) is 0.471. The molecule has 1 atom stereocenters. The maximum atomic E-state index is 13.1. The van der Waals surface area contributed by atoms with Crippen LogP contribution >= 0.6 is 23.2 Å². The van der Waals surface area contributed by atoms with Crippen molar-refractivity contribution in [1.82, 2.24) is 10.3 Å². The monoisotopic (exact) mass is 452 g/mol. The van der Waals surface area contributed by atoms with Crippen molar-refractivity contribution in [1.29, 1.82) is 5.26 Å². The van der Waals surface area contributed by atoms with E-state index in [9.17, 15) is 10.1 Å². The van der Waals surface area contributed by atoms with Crippen LogP contribution in [-0.4, -0.2) is 17.4 Å². The second-order valence-corrected chi connectivity index (χ2v) is 8.38. The molecule has 0 aliphatic rings. The number of carbonyl (C=O) groups is 1. The molecule has 158 valence electrons. The lowest BCUT2D eigenvalue weighted by Crippen LogP contribution is -2.30. The maximum Gasteiger partial charge on any atom is 0.252 e. The fraction of sp³-hybridized carbons (Fsp3) is 0.208. The van der Waals surface area contributed by atoms with Crippen LogP contribution in [0.5, 0.6) is 0 Å². The highest BCUT2D eigenvalue weighted by atomic mass is 35.5. The van der Waals surface area contributed by atoms with Gasteiger partial charge in [-0.05, 0) is 53.9 Å². The molecule has 31 heavy (non-hydrogen) atoms. The normalized spacial score (nSPS) is 11.6. The molecule has 5 nitrogen and oxygen atoms in total. The highest BCUT2D eigenvalue weighted by Gasteiger charge is 2.20. The summed E-state index contributed by atoms with van der Waals surface area (Å²) >= 11 is 12.0. The Labute approximate surface area is 192 Å². The van der Waals surface area contributed by atoms with Gasteiger partial charge in [0.15, 0.2) is 0 Å². The summed E-state index contributed by atoms with van der Waals surface area (Å²) in [5.41, 5.74) is 3.05. The summed E-state index contributed by atoms with van der Waals surface area (Å²) in [4.78, 5) is 17.5. The van der Waals surface area contributed by atoms with Crippen LogP contribution in [-0.2, 0) is 0 Å². The molecule has 0 bridgehead atoms. The van der Waals surface area contributed by atoms with Crippen molar-refractivity contribution >= 4 is 34.8 Å². The number of anilines is 1. The topological polar surface area (TPSA) is 77.8 Å². The summed E-state index contributed by atoms with van der Waals surface area (Å²) in [7, 11) is 0. The number of halogens is 2. The third kappa shape index (κ3) is 5.97. The molecular weight excluding hydrogens is 431 g/mol. The zero-order valence-electron chi connectivity index (χ0n) is 17.2. The average molecular weight is 453 g/mol. The zero-order chi connectivity index (χ0) is 22.4. The number of nitrogens with zero attached hydrogens (tertiary/aromatic N) is 2. The van der Waals surface area contributed by atoms with E-state index in [-0.39, 0.29) is 5.91 Å². The number of pyridine rings is 1. The fourth-order valence-electron chi connectivity index (χ4n) is 3.00. The number of benzene rings is 2. The summed E-state index contributed by atoms with van der Waals surface area (Å²) in [6.07, 6.45) is 1.54. The number of aromatic nitrogens is 1. The van der Waals surface area contributed by atoms with Crippen LogP contribution in [0.25, 0.3) is 0 Å². The Hall–Kier alpha value is -3.07. The van der Waals surface area contributed by atoms with E-state index in [0.717, 1.165) is 5.56 Å². The molecular formula is C24H22Cl2N4O. The summed E-state index contributed by atoms with van der Waals surface area (Å²) in [5, 5.41) is 16.8. The number of hydrogen-bond donors (Lipinski definition) is 2. The SMILES string of the molecule is CC(C)CNc1cc(C(=O)N[C@@H](c2ccc(Cl)cc2)c2ccc(Cl)cn2)ccc1C#N. The minimum Gasteiger partial charge on any atom is -0.384 e. The lowest BCUT2D eigenvalue weighted by molar-refractivity contribution is 0.0942. The van der Waals surface area contributed by atoms with Crippen molar-refractivity contribution in [3.05, 3.63) is 93.2 Å². The number of rotatable bonds is 7. The lowest BCUT2D eigenvalue weighted by Gasteiger charge is -2.20. The minimum absolute atomic E-state index is 0.284. The minimum atomic E-state index is -0.496. The van der Waals surface area contributed by atoms with Gasteiger partial charge in [-0.1, -0.05) is 49.2 Å². The molecule has 7 heteroatoms. The molecule has 0 aliphatic carbocycles. The molecule has 1 heterocycles. The smallest absolute Gasteiger partial charge is 0.252 e. The maximum absolute atomic E-state index is 13.1. The van der Waals surface area contributed by atoms with Crippen LogP contribution in [0.4, 0.5) is 5.69 Å². The number of hydrogen-bond acceptors (Lipinski definition) is 4. The molecule has 3 rings (SSSR count). The average Bonchev–Trinajstić information content (AvgIpc) is 2.77. The van der Waals surface area contributed by atoms with E-state index in [2.05, 4.69) is 35.5 Å². The lowest BCUT2D eigenvalue weighted by atomic mass is 10.0. The second-order valence-electron chi connectivity index (χ2n) is 7.51. The van der Waals surface area contributed by atoms with Gasteiger partial charge >= 0.3 is 0 Å². The number of nitrogens with one attached hydrogen (secondary N) is 2. The van der Waals surface area contributed by atoms with Gasteiger partial charge < -0.3 is 10.6 Å². The molecule has 0 fully saturated rings. The summed E-state index contributed by atoms with van der Waals surface area (Å²) in [5.74, 6) is 0.114. The van der Waals surface area contributed by atoms with Gasteiger partial charge in [-0.25, -0.2) is 0 Å². The van der Waals surface area contributed by atoms with Gasteiger partial charge in [0.25, 0.3) is 5.91 Å². The van der Waals surface area contributed by atoms with Gasteiger partial charge in [0.1, 0.15) is 6.07 Å². The molecule has 1 amide bonds. The number of nitriles is 1. The van der Waals surface area contributed by atoms with E-state index in [4.69, 9.17) is 23.2 Å². The predicted molar refractivity (Wildman–Crippen MR) is 124 cm³/mol. The van der Waals surface area contributed by atoms with Crippen LogP contribution < -0.4 is 10.6 Å². The summed E-state index contributed by atoms with van der Waals surface area (Å²) < 4.78 is 0. The van der Waals surface area contributed by atoms with Gasteiger partial charge in [0.2, 0.25) is 0 Å². The highest BCUT2D eigenvalue weighted by molar-refractivity contribution is 6.30. The fourth-order valence-corrected chi connectivity index (χ4v) is 3.24. The first kappa shape index (κ1) is 22.6. The molecule has 0 unspecified atom stereocenters. The third-order valence-corrected chi connectivity index (χ3v) is 5.10.